The van der Waals surface area contributed by atoms with Crippen LogP contribution in [0.15, 0.2) is 36.4 Å². The third-order valence-corrected chi connectivity index (χ3v) is 7.92. The first kappa shape index (κ1) is 40.4. The van der Waals surface area contributed by atoms with Crippen LogP contribution >= 0.6 is 0 Å². The van der Waals surface area contributed by atoms with Gasteiger partial charge in [0, 0.05) is 19.3 Å². The Morgan fingerprint density at radius 3 is 2.13 bits per heavy atom. The largest absolute Gasteiger partial charge is 0.481 e. The fraction of sp³-hybridized carbons (Fsp3) is 0.622. The third-order valence-electron chi connectivity index (χ3n) is 7.92. The molecule has 0 heterocycles. The smallest absolute Gasteiger partial charge is 0.336 e. The van der Waals surface area contributed by atoms with Crippen molar-refractivity contribution >= 4 is 23.6 Å². The van der Waals surface area contributed by atoms with Gasteiger partial charge in [0.25, 0.3) is 0 Å². The number of aliphatic carboxylic acids is 1. The van der Waals surface area contributed by atoms with Gasteiger partial charge in [0.2, 0.25) is 5.91 Å². The molecule has 0 spiro atoms. The van der Waals surface area contributed by atoms with Gasteiger partial charge in [0.15, 0.2) is 5.60 Å². The molecule has 256 valence electrons. The Bertz CT molecular complexity index is 1150. The molecular weight excluding hydrogens is 586 g/mol. The second-order valence-corrected chi connectivity index (χ2v) is 11.7. The molecule has 0 saturated carbocycles. The van der Waals surface area contributed by atoms with Crippen LogP contribution in [0.3, 0.4) is 0 Å². The first-order chi connectivity index (χ1) is 22.1. The Kier molecular flexibility index (Phi) is 20.8. The summed E-state index contributed by atoms with van der Waals surface area (Å²) in [6, 6.07) is 5.86. The van der Waals surface area contributed by atoms with Crippen LogP contribution in [-0.2, 0) is 30.3 Å². The second kappa shape index (κ2) is 23.7. The number of aliphatic hydroxyl groups is 1. The lowest BCUT2D eigenvalue weighted by Crippen LogP contribution is -2.54. The molecule has 0 aliphatic rings. The number of hydrogen-bond donors (Lipinski definition) is 3. The predicted octanol–water partition coefficient (Wildman–Crippen LogP) is 6.35. The summed E-state index contributed by atoms with van der Waals surface area (Å²) in [6.45, 7) is 5.87. The van der Waals surface area contributed by atoms with E-state index >= 15 is 0 Å². The highest BCUT2D eigenvalue weighted by Crippen LogP contribution is 2.27. The normalized spacial score (nSPS) is 13.6. The molecule has 0 radical (unpaired) electrons. The molecule has 0 aliphatic carbocycles. The van der Waals surface area contributed by atoms with Crippen molar-refractivity contribution in [2.24, 2.45) is 5.92 Å². The fourth-order valence-corrected chi connectivity index (χ4v) is 5.21. The van der Waals surface area contributed by atoms with Crippen molar-refractivity contribution in [3.05, 3.63) is 42.0 Å². The summed E-state index contributed by atoms with van der Waals surface area (Å²) in [5.74, 6) is 2.07. The van der Waals surface area contributed by atoms with E-state index in [0.29, 0.717) is 42.8 Å². The molecule has 46 heavy (non-hydrogen) atoms. The summed E-state index contributed by atoms with van der Waals surface area (Å²) in [4.78, 5) is 50.5. The number of allylic oxidation sites excluding steroid dienone is 1. The van der Waals surface area contributed by atoms with Crippen molar-refractivity contribution in [2.45, 2.75) is 129 Å². The molecule has 0 aromatic heterocycles. The maximum Gasteiger partial charge on any atom is 0.336 e. The predicted molar refractivity (Wildman–Crippen MR) is 179 cm³/mol. The van der Waals surface area contributed by atoms with Crippen molar-refractivity contribution in [1.29, 1.82) is 0 Å². The number of esters is 1. The number of carbonyl (C=O) groups is 4. The highest BCUT2D eigenvalue weighted by Gasteiger charge is 2.46. The number of carbonyl (C=O) groups excluding carboxylic acids is 3. The van der Waals surface area contributed by atoms with Gasteiger partial charge in [-0.15, -0.1) is 5.92 Å². The topological polar surface area (TPSA) is 139 Å². The van der Waals surface area contributed by atoms with Crippen LogP contribution in [0.1, 0.15) is 116 Å². The molecule has 0 saturated heterocycles. The Labute approximate surface area is 275 Å². The van der Waals surface area contributed by atoms with E-state index < -0.39 is 35.4 Å². The molecule has 0 unspecified atom stereocenters. The molecule has 9 heteroatoms. The van der Waals surface area contributed by atoms with Crippen molar-refractivity contribution in [2.75, 3.05) is 13.7 Å². The maximum absolute atomic E-state index is 13.5. The van der Waals surface area contributed by atoms with Crippen LogP contribution < -0.4 is 10.1 Å². The molecule has 1 rings (SSSR count). The lowest BCUT2D eigenvalue weighted by Gasteiger charge is -2.30. The quantitative estimate of drug-likeness (QED) is 0.0486. The van der Waals surface area contributed by atoms with E-state index in [1.165, 1.54) is 32.4 Å². The molecule has 0 bridgehead atoms. The Balaban J connectivity index is 2.82. The molecule has 1 aromatic carbocycles. The molecule has 0 aliphatic heterocycles. The van der Waals surface area contributed by atoms with Gasteiger partial charge in [-0.05, 0) is 56.7 Å². The first-order valence-corrected chi connectivity index (χ1v) is 16.8. The second-order valence-electron chi connectivity index (χ2n) is 11.7. The van der Waals surface area contributed by atoms with E-state index in [0.717, 1.165) is 38.5 Å². The van der Waals surface area contributed by atoms with Gasteiger partial charge in [-0.1, -0.05) is 89.0 Å². The molecule has 3 atom stereocenters. The highest BCUT2D eigenvalue weighted by molar-refractivity contribution is 5.92. The van der Waals surface area contributed by atoms with Crippen LogP contribution in [0.2, 0.25) is 0 Å². The number of unbranched alkanes of at least 4 members (excludes halogenated alkanes) is 8. The Morgan fingerprint density at radius 1 is 0.935 bits per heavy atom. The van der Waals surface area contributed by atoms with Crippen LogP contribution in [0.4, 0.5) is 0 Å². The maximum atomic E-state index is 13.5. The zero-order valence-electron chi connectivity index (χ0n) is 28.3. The van der Waals surface area contributed by atoms with Gasteiger partial charge in [-0.25, -0.2) is 9.59 Å². The number of ketones is 1. The van der Waals surface area contributed by atoms with Crippen LogP contribution in [-0.4, -0.2) is 59.2 Å². The van der Waals surface area contributed by atoms with Gasteiger partial charge in [0.1, 0.15) is 24.2 Å². The summed E-state index contributed by atoms with van der Waals surface area (Å²) in [5.41, 5.74) is -1.64. The number of ether oxygens (including phenoxy) is 2. The van der Waals surface area contributed by atoms with Crippen molar-refractivity contribution in [1.82, 2.24) is 5.32 Å². The van der Waals surface area contributed by atoms with E-state index in [2.05, 4.69) is 24.1 Å². The van der Waals surface area contributed by atoms with Crippen molar-refractivity contribution in [3.63, 3.8) is 0 Å². The number of carboxylic acid groups (broad SMARTS) is 1. The number of hydrogen-bond acceptors (Lipinski definition) is 7. The summed E-state index contributed by atoms with van der Waals surface area (Å²) in [5, 5.41) is 23.8. The number of carboxylic acids is 1. The summed E-state index contributed by atoms with van der Waals surface area (Å²) in [6.07, 6.45) is 14.4. The molecule has 0 fully saturated rings. The van der Waals surface area contributed by atoms with Crippen molar-refractivity contribution in [3.8, 4) is 17.6 Å². The van der Waals surface area contributed by atoms with Crippen LogP contribution in [0, 0.1) is 17.8 Å². The number of benzene rings is 1. The molecule has 3 N–H and O–H groups in total. The average molecular weight is 642 g/mol. The van der Waals surface area contributed by atoms with Gasteiger partial charge in [-0.2, -0.15) is 0 Å². The summed E-state index contributed by atoms with van der Waals surface area (Å²) in [7, 11) is 1.21. The highest BCUT2D eigenvalue weighted by atomic mass is 16.5. The molecule has 9 nitrogen and oxygen atoms in total. The van der Waals surface area contributed by atoms with Gasteiger partial charge in [0.05, 0.1) is 13.0 Å². The lowest BCUT2D eigenvalue weighted by atomic mass is 9.82. The average Bonchev–Trinajstić information content (AvgIpc) is 3.04. The Hall–Kier alpha value is -3.64. The molecule has 1 aromatic rings. The van der Waals surface area contributed by atoms with E-state index in [9.17, 15) is 29.4 Å². The van der Waals surface area contributed by atoms with Crippen molar-refractivity contribution < 1.29 is 38.9 Å². The standard InChI is InChI=1S/C37H55NO8/c1-5-8-10-13-16-19-30(39)20-17-14-11-12-15-18-21-32(37(44,26-7-3)36(42)43)34(40)38-33(35(41)45-4)28-29-22-24-31(25-23-29)46-27-9-6-2/h18,21-25,32-33,44H,5,7-8,10-17,19-20,26-28H2,1-4H3,(H,38,40)(H,42,43)/t32-,33+,37+/m1/s1. The minimum Gasteiger partial charge on any atom is -0.481 e. The fourth-order valence-electron chi connectivity index (χ4n) is 5.21. The zero-order valence-corrected chi connectivity index (χ0v) is 28.3. The minimum absolute atomic E-state index is 0.0878. The van der Waals surface area contributed by atoms with E-state index in [1.54, 1.807) is 44.2 Å². The van der Waals surface area contributed by atoms with Crippen LogP contribution in [0.25, 0.3) is 0 Å². The van der Waals surface area contributed by atoms with E-state index in [-0.39, 0.29) is 19.4 Å². The SMILES string of the molecule is CC#CCOc1ccc(C[C@H](NC(=O)[C@@H](C=CCCCCCCC(=O)CCCCCCC)[C@@](O)(CCC)C(=O)O)C(=O)OC)cc1. The summed E-state index contributed by atoms with van der Waals surface area (Å²) >= 11 is 0. The number of methoxy groups -OCH3 is 1. The van der Waals surface area contributed by atoms with Gasteiger partial charge < -0.3 is 25.0 Å². The van der Waals surface area contributed by atoms with Crippen LogP contribution in [0.5, 0.6) is 5.75 Å². The number of amides is 1. The van der Waals surface area contributed by atoms with Gasteiger partial charge >= 0.3 is 11.9 Å². The minimum atomic E-state index is -2.35. The molecular formula is C37H55NO8. The number of rotatable bonds is 25. The number of Topliss-reactive ketones (excluding diaryl/α,β-unsaturated/α-hetero) is 1. The van der Waals surface area contributed by atoms with E-state index in [1.807, 2.05) is 0 Å². The first-order valence-electron chi connectivity index (χ1n) is 16.8. The monoisotopic (exact) mass is 641 g/mol. The number of nitrogens with one attached hydrogen (secondary N) is 1. The molecule has 1 amide bonds. The summed E-state index contributed by atoms with van der Waals surface area (Å²) < 4.78 is 10.4. The Morgan fingerprint density at radius 2 is 1.57 bits per heavy atom. The van der Waals surface area contributed by atoms with Gasteiger partial charge in [-0.3, -0.25) is 9.59 Å². The zero-order chi connectivity index (χ0) is 34.2. The van der Waals surface area contributed by atoms with E-state index in [4.69, 9.17) is 9.47 Å². The third kappa shape index (κ3) is 15.6. The lowest BCUT2D eigenvalue weighted by molar-refractivity contribution is -0.167.